The maximum Gasteiger partial charge on any atom is 0.226 e. The molecule has 0 saturated carbocycles. The highest BCUT2D eigenvalue weighted by molar-refractivity contribution is 5.76. The number of nitrogens with one attached hydrogen (secondary N) is 1. The first-order valence-corrected chi connectivity index (χ1v) is 9.02. The molecule has 0 unspecified atom stereocenters. The fourth-order valence-electron chi connectivity index (χ4n) is 2.51. The van der Waals surface area contributed by atoms with Gasteiger partial charge in [0.25, 0.3) is 0 Å². The van der Waals surface area contributed by atoms with Crippen LogP contribution in [0.1, 0.15) is 24.3 Å². The molecule has 1 aromatic heterocycles. The van der Waals surface area contributed by atoms with Crippen molar-refractivity contribution in [1.82, 2.24) is 15.5 Å². The molecule has 0 radical (unpaired) electrons. The first kappa shape index (κ1) is 19.2. The predicted octanol–water partition coefficient (Wildman–Crippen LogP) is 3.24. The zero-order chi connectivity index (χ0) is 19.6. The molecule has 28 heavy (non-hydrogen) atoms. The van der Waals surface area contributed by atoms with Crippen LogP contribution >= 0.6 is 0 Å². The van der Waals surface area contributed by atoms with Crippen LogP contribution in [0.4, 0.5) is 0 Å². The molecule has 6 heteroatoms. The maximum absolute atomic E-state index is 11.9. The zero-order valence-corrected chi connectivity index (χ0v) is 15.6. The van der Waals surface area contributed by atoms with Crippen molar-refractivity contribution in [3.05, 3.63) is 66.1 Å². The van der Waals surface area contributed by atoms with Gasteiger partial charge in [-0.2, -0.15) is 4.98 Å². The molecule has 0 fully saturated rings. The second-order valence-corrected chi connectivity index (χ2v) is 6.04. The molecule has 0 spiro atoms. The van der Waals surface area contributed by atoms with Gasteiger partial charge in [0, 0.05) is 24.0 Å². The molecular formula is C22H21N3O3. The fraction of sp³-hybridized carbons (Fsp3) is 0.227. The van der Waals surface area contributed by atoms with E-state index < -0.39 is 0 Å². The molecule has 3 rings (SSSR count). The molecule has 0 aliphatic rings. The summed E-state index contributed by atoms with van der Waals surface area (Å²) in [5, 5.41) is 6.77. The lowest BCUT2D eigenvalue weighted by molar-refractivity contribution is -0.120. The standard InChI is InChI=1S/C22H21N3O3/c1-27-19-14-12-18(13-15-19)22-24-21(28-25-22)11-5-10-20(26)23-16-6-9-17-7-3-2-4-8-17/h2-4,7-8,12-15H,5,10-11,16H2,1H3,(H,23,26). The monoisotopic (exact) mass is 375 g/mol. The van der Waals surface area contributed by atoms with Crippen molar-refractivity contribution in [3.63, 3.8) is 0 Å². The summed E-state index contributed by atoms with van der Waals surface area (Å²) in [4.78, 5) is 16.2. The minimum Gasteiger partial charge on any atom is -0.497 e. The van der Waals surface area contributed by atoms with Crippen LogP contribution in [0.3, 0.4) is 0 Å². The van der Waals surface area contributed by atoms with Crippen molar-refractivity contribution in [2.45, 2.75) is 19.3 Å². The third kappa shape index (κ3) is 5.71. The Morgan fingerprint density at radius 2 is 1.93 bits per heavy atom. The second-order valence-electron chi connectivity index (χ2n) is 6.04. The van der Waals surface area contributed by atoms with Gasteiger partial charge in [-0.15, -0.1) is 0 Å². The Hall–Kier alpha value is -3.59. The average molecular weight is 375 g/mol. The number of amides is 1. The van der Waals surface area contributed by atoms with Crippen LogP contribution in [0.25, 0.3) is 11.4 Å². The summed E-state index contributed by atoms with van der Waals surface area (Å²) in [6.45, 7) is 0.329. The predicted molar refractivity (Wildman–Crippen MR) is 106 cm³/mol. The van der Waals surface area contributed by atoms with E-state index in [9.17, 15) is 4.79 Å². The van der Waals surface area contributed by atoms with Gasteiger partial charge in [-0.3, -0.25) is 4.79 Å². The van der Waals surface area contributed by atoms with Gasteiger partial charge in [0.2, 0.25) is 17.6 Å². The van der Waals surface area contributed by atoms with E-state index >= 15 is 0 Å². The number of hydrogen-bond donors (Lipinski definition) is 1. The number of benzene rings is 2. The first-order chi connectivity index (χ1) is 13.7. The minimum atomic E-state index is -0.0442. The Morgan fingerprint density at radius 3 is 2.68 bits per heavy atom. The molecule has 0 aliphatic heterocycles. The van der Waals surface area contributed by atoms with E-state index in [2.05, 4.69) is 27.3 Å². The maximum atomic E-state index is 11.9. The van der Waals surface area contributed by atoms with Crippen molar-refractivity contribution in [2.75, 3.05) is 13.7 Å². The molecule has 0 bridgehead atoms. The summed E-state index contributed by atoms with van der Waals surface area (Å²) in [6, 6.07) is 17.1. The number of rotatable bonds is 7. The Labute approximate surface area is 163 Å². The molecular weight excluding hydrogens is 354 g/mol. The van der Waals surface area contributed by atoms with Crippen molar-refractivity contribution in [3.8, 4) is 29.0 Å². The van der Waals surface area contributed by atoms with E-state index in [1.54, 1.807) is 7.11 Å². The molecule has 0 atom stereocenters. The lowest BCUT2D eigenvalue weighted by Gasteiger charge is -1.99. The number of carbonyl (C=O) groups excluding carboxylic acids is 1. The number of aromatic nitrogens is 2. The van der Waals surface area contributed by atoms with Crippen molar-refractivity contribution < 1.29 is 14.1 Å². The number of hydrogen-bond acceptors (Lipinski definition) is 5. The normalized spacial score (nSPS) is 10.0. The van der Waals surface area contributed by atoms with Gasteiger partial charge in [0.15, 0.2) is 0 Å². The Morgan fingerprint density at radius 1 is 1.14 bits per heavy atom. The topological polar surface area (TPSA) is 77.2 Å². The Bertz CT molecular complexity index is 954. The molecule has 1 heterocycles. The van der Waals surface area contributed by atoms with Crippen LogP contribution in [0, 0.1) is 11.8 Å². The SMILES string of the molecule is COc1ccc(-c2noc(CCCC(=O)NCC#Cc3ccccc3)n2)cc1. The highest BCUT2D eigenvalue weighted by atomic mass is 16.5. The molecule has 3 aromatic rings. The second kappa shape index (κ2) is 9.93. The summed E-state index contributed by atoms with van der Waals surface area (Å²) in [6.07, 6.45) is 1.56. The van der Waals surface area contributed by atoms with Crippen LogP contribution in [0.15, 0.2) is 59.1 Å². The van der Waals surface area contributed by atoms with E-state index in [1.807, 2.05) is 54.6 Å². The summed E-state index contributed by atoms with van der Waals surface area (Å²) in [5.74, 6) is 7.71. The van der Waals surface area contributed by atoms with E-state index in [0.717, 1.165) is 16.9 Å². The lowest BCUT2D eigenvalue weighted by atomic mass is 10.2. The number of carbonyl (C=O) groups is 1. The van der Waals surface area contributed by atoms with Crippen LogP contribution < -0.4 is 10.1 Å². The van der Waals surface area contributed by atoms with Crippen molar-refractivity contribution in [2.24, 2.45) is 0 Å². The summed E-state index contributed by atoms with van der Waals surface area (Å²) in [5.41, 5.74) is 1.78. The quantitative estimate of drug-likeness (QED) is 0.642. The number of nitrogens with zero attached hydrogens (tertiary/aromatic N) is 2. The van der Waals surface area contributed by atoms with Gasteiger partial charge in [-0.25, -0.2) is 0 Å². The minimum absolute atomic E-state index is 0.0442. The highest BCUT2D eigenvalue weighted by Crippen LogP contribution is 2.20. The van der Waals surface area contributed by atoms with Gasteiger partial charge in [-0.05, 0) is 42.8 Å². The molecule has 1 N–H and O–H groups in total. The van der Waals surface area contributed by atoms with Gasteiger partial charge < -0.3 is 14.6 Å². The molecule has 0 aliphatic carbocycles. The molecule has 142 valence electrons. The number of methoxy groups -OCH3 is 1. The van der Waals surface area contributed by atoms with E-state index in [4.69, 9.17) is 9.26 Å². The lowest BCUT2D eigenvalue weighted by Crippen LogP contribution is -2.23. The van der Waals surface area contributed by atoms with Gasteiger partial charge in [0.05, 0.1) is 13.7 Å². The summed E-state index contributed by atoms with van der Waals surface area (Å²) < 4.78 is 10.4. The molecule has 2 aromatic carbocycles. The van der Waals surface area contributed by atoms with Crippen molar-refractivity contribution >= 4 is 5.91 Å². The van der Waals surface area contributed by atoms with Crippen LogP contribution in [0.5, 0.6) is 5.75 Å². The third-order valence-corrected chi connectivity index (χ3v) is 3.99. The Kier molecular flexibility index (Phi) is 6.80. The summed E-state index contributed by atoms with van der Waals surface area (Å²) in [7, 11) is 1.62. The van der Waals surface area contributed by atoms with Crippen LogP contribution in [-0.4, -0.2) is 29.7 Å². The third-order valence-electron chi connectivity index (χ3n) is 3.99. The molecule has 6 nitrogen and oxygen atoms in total. The first-order valence-electron chi connectivity index (χ1n) is 9.02. The van der Waals surface area contributed by atoms with E-state index in [0.29, 0.717) is 37.5 Å². The van der Waals surface area contributed by atoms with E-state index in [-0.39, 0.29) is 5.91 Å². The van der Waals surface area contributed by atoms with Gasteiger partial charge in [0.1, 0.15) is 5.75 Å². The average Bonchev–Trinajstić information content (AvgIpc) is 3.21. The summed E-state index contributed by atoms with van der Waals surface area (Å²) >= 11 is 0. The molecule has 1 amide bonds. The van der Waals surface area contributed by atoms with E-state index in [1.165, 1.54) is 0 Å². The Balaban J connectivity index is 1.39. The molecule has 0 saturated heterocycles. The number of aryl methyl sites for hydroxylation is 1. The fourth-order valence-corrected chi connectivity index (χ4v) is 2.51. The largest absolute Gasteiger partial charge is 0.497 e. The van der Waals surface area contributed by atoms with Crippen molar-refractivity contribution in [1.29, 1.82) is 0 Å². The number of ether oxygens (including phenoxy) is 1. The highest BCUT2D eigenvalue weighted by Gasteiger charge is 2.09. The van der Waals surface area contributed by atoms with Crippen LogP contribution in [0.2, 0.25) is 0 Å². The van der Waals surface area contributed by atoms with Gasteiger partial charge >= 0.3 is 0 Å². The zero-order valence-electron chi connectivity index (χ0n) is 15.6. The van der Waals surface area contributed by atoms with Crippen LogP contribution in [-0.2, 0) is 11.2 Å². The smallest absolute Gasteiger partial charge is 0.226 e. The van der Waals surface area contributed by atoms with Gasteiger partial charge in [-0.1, -0.05) is 35.2 Å².